The third kappa shape index (κ3) is 3.50. The summed E-state index contributed by atoms with van der Waals surface area (Å²) in [6.07, 6.45) is 6.19. The van der Waals surface area contributed by atoms with Crippen LogP contribution in [0.2, 0.25) is 0 Å². The number of aryl methyl sites for hydroxylation is 2. The largest absolute Gasteiger partial charge is 0.396 e. The Morgan fingerprint density at radius 3 is 2.16 bits per heavy atom. The fourth-order valence-corrected chi connectivity index (χ4v) is 3.43. The predicted octanol–water partition coefficient (Wildman–Crippen LogP) is 3.68. The molecule has 1 fully saturated rings. The van der Waals surface area contributed by atoms with Gasteiger partial charge in [0.2, 0.25) is 0 Å². The van der Waals surface area contributed by atoms with Crippen LogP contribution < -0.4 is 4.90 Å². The summed E-state index contributed by atoms with van der Waals surface area (Å²) < 4.78 is 0. The molecule has 0 atom stereocenters. The average molecular weight is 261 g/mol. The van der Waals surface area contributed by atoms with Crippen molar-refractivity contribution < 1.29 is 5.11 Å². The molecule has 1 aromatic carbocycles. The first-order chi connectivity index (χ1) is 9.04. The molecule has 1 aromatic rings. The average Bonchev–Trinajstić information content (AvgIpc) is 2.38. The lowest BCUT2D eigenvalue weighted by atomic mass is 9.74. The molecule has 1 aliphatic carbocycles. The van der Waals surface area contributed by atoms with Gasteiger partial charge in [-0.05, 0) is 49.9 Å². The van der Waals surface area contributed by atoms with Gasteiger partial charge in [0.05, 0.1) is 6.61 Å². The van der Waals surface area contributed by atoms with Gasteiger partial charge >= 0.3 is 0 Å². The van der Waals surface area contributed by atoms with Crippen LogP contribution in [0.5, 0.6) is 0 Å². The smallest absolute Gasteiger partial charge is 0.0504 e. The van der Waals surface area contributed by atoms with E-state index in [1.807, 2.05) is 0 Å². The molecule has 1 aliphatic rings. The Morgan fingerprint density at radius 1 is 1.05 bits per heavy atom. The Bertz CT molecular complexity index is 401. The molecule has 0 saturated heterocycles. The van der Waals surface area contributed by atoms with Crippen molar-refractivity contribution in [3.63, 3.8) is 0 Å². The van der Waals surface area contributed by atoms with E-state index in [1.165, 1.54) is 48.9 Å². The maximum atomic E-state index is 9.82. The minimum atomic E-state index is 0.116. The monoisotopic (exact) mass is 261 g/mol. The molecule has 0 bridgehead atoms. The normalized spacial score (nSPS) is 18.3. The molecule has 19 heavy (non-hydrogen) atoms. The fourth-order valence-electron chi connectivity index (χ4n) is 3.43. The van der Waals surface area contributed by atoms with Gasteiger partial charge in [0.1, 0.15) is 0 Å². The van der Waals surface area contributed by atoms with Crippen LogP contribution >= 0.6 is 0 Å². The quantitative estimate of drug-likeness (QED) is 0.893. The lowest BCUT2D eigenvalue weighted by Crippen LogP contribution is -2.40. The predicted molar refractivity (Wildman–Crippen MR) is 81.8 cm³/mol. The van der Waals surface area contributed by atoms with Gasteiger partial charge in [-0.1, -0.05) is 25.3 Å². The van der Waals surface area contributed by atoms with Gasteiger partial charge in [0, 0.05) is 24.7 Å². The Hall–Kier alpha value is -1.02. The molecule has 0 heterocycles. The van der Waals surface area contributed by atoms with E-state index < -0.39 is 0 Å². The highest BCUT2D eigenvalue weighted by atomic mass is 16.3. The van der Waals surface area contributed by atoms with Gasteiger partial charge in [0.25, 0.3) is 0 Å². The number of hydrogen-bond donors (Lipinski definition) is 1. The summed E-state index contributed by atoms with van der Waals surface area (Å²) in [5.41, 5.74) is 4.01. The third-order valence-corrected chi connectivity index (χ3v) is 4.47. The molecule has 106 valence electrons. The Balaban J connectivity index is 2.12. The Kier molecular flexibility index (Phi) is 4.51. The van der Waals surface area contributed by atoms with Gasteiger partial charge in [-0.25, -0.2) is 0 Å². The van der Waals surface area contributed by atoms with Crippen LogP contribution in [0.3, 0.4) is 0 Å². The second-order valence-electron chi connectivity index (χ2n) is 6.42. The fraction of sp³-hybridized carbons (Fsp3) is 0.647. The van der Waals surface area contributed by atoms with Crippen LogP contribution in [-0.4, -0.2) is 25.3 Å². The molecule has 0 aliphatic heterocycles. The maximum Gasteiger partial charge on any atom is 0.0504 e. The molecule has 0 spiro atoms. The van der Waals surface area contributed by atoms with Crippen molar-refractivity contribution in [2.45, 2.75) is 46.0 Å². The third-order valence-electron chi connectivity index (χ3n) is 4.47. The zero-order valence-electron chi connectivity index (χ0n) is 12.6. The zero-order valence-corrected chi connectivity index (χ0v) is 12.6. The molecule has 2 heteroatoms. The Labute approximate surface area is 117 Å². The lowest BCUT2D eigenvalue weighted by Gasteiger charge is -2.39. The van der Waals surface area contributed by atoms with E-state index in [0.29, 0.717) is 6.61 Å². The first-order valence-electron chi connectivity index (χ1n) is 7.45. The minimum absolute atomic E-state index is 0.116. The van der Waals surface area contributed by atoms with E-state index in [4.69, 9.17) is 0 Å². The molecule has 2 rings (SSSR count). The number of hydrogen-bond acceptors (Lipinski definition) is 2. The van der Waals surface area contributed by atoms with Crippen LogP contribution in [0.1, 0.15) is 43.2 Å². The summed E-state index contributed by atoms with van der Waals surface area (Å²) in [6, 6.07) is 6.68. The second-order valence-corrected chi connectivity index (χ2v) is 6.42. The number of aliphatic hydroxyl groups excluding tert-OH is 1. The molecule has 2 nitrogen and oxygen atoms in total. The standard InChI is InChI=1S/C17H27NO/c1-14-9-15(2)11-16(10-14)18(3)12-17(13-19)7-5-4-6-8-17/h9-11,19H,4-8,12-13H2,1-3H3. The molecule has 0 radical (unpaired) electrons. The molecule has 0 unspecified atom stereocenters. The molecular formula is C17H27NO. The van der Waals surface area contributed by atoms with Gasteiger partial charge in [-0.2, -0.15) is 0 Å². The van der Waals surface area contributed by atoms with Crippen molar-refractivity contribution in [3.05, 3.63) is 29.3 Å². The van der Waals surface area contributed by atoms with Crippen LogP contribution in [0, 0.1) is 19.3 Å². The molecule has 0 aromatic heterocycles. The lowest BCUT2D eigenvalue weighted by molar-refractivity contribution is 0.0891. The maximum absolute atomic E-state index is 9.82. The van der Waals surface area contributed by atoms with E-state index in [9.17, 15) is 5.11 Å². The van der Waals surface area contributed by atoms with Crippen molar-refractivity contribution in [1.82, 2.24) is 0 Å². The zero-order chi connectivity index (χ0) is 13.9. The van der Waals surface area contributed by atoms with Crippen molar-refractivity contribution in [3.8, 4) is 0 Å². The highest BCUT2D eigenvalue weighted by Crippen LogP contribution is 2.37. The molecular weight excluding hydrogens is 234 g/mol. The number of aliphatic hydroxyl groups is 1. The van der Waals surface area contributed by atoms with Crippen molar-refractivity contribution >= 4 is 5.69 Å². The Morgan fingerprint density at radius 2 is 1.63 bits per heavy atom. The van der Waals surface area contributed by atoms with E-state index in [2.05, 4.69) is 44.0 Å². The topological polar surface area (TPSA) is 23.5 Å². The molecule has 0 amide bonds. The summed E-state index contributed by atoms with van der Waals surface area (Å²) in [5.74, 6) is 0. The van der Waals surface area contributed by atoms with Crippen molar-refractivity contribution in [2.24, 2.45) is 5.41 Å². The van der Waals surface area contributed by atoms with Gasteiger partial charge in [-0.15, -0.1) is 0 Å². The van der Waals surface area contributed by atoms with E-state index in [1.54, 1.807) is 0 Å². The number of benzene rings is 1. The van der Waals surface area contributed by atoms with E-state index >= 15 is 0 Å². The van der Waals surface area contributed by atoms with Crippen molar-refractivity contribution in [1.29, 1.82) is 0 Å². The van der Waals surface area contributed by atoms with Crippen LogP contribution in [-0.2, 0) is 0 Å². The van der Waals surface area contributed by atoms with Gasteiger partial charge in [-0.3, -0.25) is 0 Å². The number of rotatable bonds is 4. The summed E-state index contributed by atoms with van der Waals surface area (Å²) in [5, 5.41) is 9.82. The summed E-state index contributed by atoms with van der Waals surface area (Å²) in [4.78, 5) is 2.32. The number of anilines is 1. The SMILES string of the molecule is Cc1cc(C)cc(N(C)CC2(CO)CCCCC2)c1. The summed E-state index contributed by atoms with van der Waals surface area (Å²) >= 11 is 0. The summed E-state index contributed by atoms with van der Waals surface area (Å²) in [7, 11) is 2.15. The summed E-state index contributed by atoms with van der Waals surface area (Å²) in [6.45, 7) is 5.58. The van der Waals surface area contributed by atoms with Crippen molar-refractivity contribution in [2.75, 3.05) is 25.1 Å². The highest BCUT2D eigenvalue weighted by Gasteiger charge is 2.32. The van der Waals surface area contributed by atoms with Gasteiger partial charge in [0.15, 0.2) is 0 Å². The van der Waals surface area contributed by atoms with Crippen LogP contribution in [0.25, 0.3) is 0 Å². The first-order valence-corrected chi connectivity index (χ1v) is 7.45. The van der Waals surface area contributed by atoms with Crippen LogP contribution in [0.15, 0.2) is 18.2 Å². The highest BCUT2D eigenvalue weighted by molar-refractivity contribution is 5.50. The van der Waals surface area contributed by atoms with Crippen LogP contribution in [0.4, 0.5) is 5.69 Å². The molecule has 1 saturated carbocycles. The van der Waals surface area contributed by atoms with E-state index in [0.717, 1.165) is 6.54 Å². The first kappa shape index (κ1) is 14.4. The second kappa shape index (κ2) is 5.96. The van der Waals surface area contributed by atoms with E-state index in [-0.39, 0.29) is 5.41 Å². The molecule has 1 N–H and O–H groups in total. The van der Waals surface area contributed by atoms with Gasteiger partial charge < -0.3 is 10.0 Å². The number of nitrogens with zero attached hydrogens (tertiary/aromatic N) is 1. The minimum Gasteiger partial charge on any atom is -0.396 e.